The van der Waals surface area contributed by atoms with Crippen LogP contribution in [0.3, 0.4) is 0 Å². The van der Waals surface area contributed by atoms with Gasteiger partial charge in [0.15, 0.2) is 0 Å². The minimum atomic E-state index is -0.285. The molecule has 0 saturated carbocycles. The van der Waals surface area contributed by atoms with Gasteiger partial charge in [0, 0.05) is 12.1 Å². The Hall–Kier alpha value is -0.900. The van der Waals surface area contributed by atoms with E-state index in [4.69, 9.17) is 0 Å². The second-order valence-electron chi connectivity index (χ2n) is 3.92. The summed E-state index contributed by atoms with van der Waals surface area (Å²) in [5.74, 6) is -0.366. The average Bonchev–Trinajstić information content (AvgIpc) is 2.34. The molecule has 0 spiro atoms. The molecule has 2 nitrogen and oxygen atoms in total. The van der Waals surface area contributed by atoms with Crippen LogP contribution in [0.4, 0.5) is 4.39 Å². The fourth-order valence-electron chi connectivity index (χ4n) is 1.45. The predicted octanol–water partition coefficient (Wildman–Crippen LogP) is 3.40. The van der Waals surface area contributed by atoms with Gasteiger partial charge in [0.1, 0.15) is 5.82 Å². The molecule has 4 heteroatoms. The van der Waals surface area contributed by atoms with Crippen molar-refractivity contribution in [1.29, 1.82) is 0 Å². The molecule has 0 radical (unpaired) electrons. The molecule has 0 aromatic heterocycles. The topological polar surface area (TPSA) is 29.1 Å². The number of hydrogen-bond donors (Lipinski definition) is 1. The first-order valence-corrected chi connectivity index (χ1v) is 6.72. The van der Waals surface area contributed by atoms with E-state index in [1.54, 1.807) is 18.2 Å². The summed E-state index contributed by atoms with van der Waals surface area (Å²) in [5, 5.41) is 2.72. The Morgan fingerprint density at radius 1 is 1.47 bits per heavy atom. The van der Waals surface area contributed by atoms with E-state index in [0.717, 1.165) is 19.3 Å². The van der Waals surface area contributed by atoms with Crippen molar-refractivity contribution in [3.63, 3.8) is 0 Å². The van der Waals surface area contributed by atoms with E-state index in [2.05, 4.69) is 28.2 Å². The molecule has 0 saturated heterocycles. The molecule has 94 valence electrons. The maximum Gasteiger partial charge on any atom is 0.234 e. The highest BCUT2D eigenvalue weighted by molar-refractivity contribution is 9.10. The van der Waals surface area contributed by atoms with Crippen LogP contribution in [0.25, 0.3) is 0 Å². The van der Waals surface area contributed by atoms with Crippen molar-refractivity contribution < 1.29 is 9.18 Å². The van der Waals surface area contributed by atoms with Gasteiger partial charge in [-0.05, 0) is 12.5 Å². The summed E-state index contributed by atoms with van der Waals surface area (Å²) in [7, 11) is 0. The van der Waals surface area contributed by atoms with Crippen molar-refractivity contribution >= 4 is 21.8 Å². The van der Waals surface area contributed by atoms with E-state index in [0.29, 0.717) is 5.56 Å². The normalized spacial score (nSPS) is 12.2. The largest absolute Gasteiger partial charge is 0.351 e. The number of benzene rings is 1. The molecule has 1 unspecified atom stereocenters. The maximum atomic E-state index is 13.3. The van der Waals surface area contributed by atoms with Crippen molar-refractivity contribution in [3.8, 4) is 0 Å². The third-order valence-corrected chi connectivity index (χ3v) is 3.38. The molecule has 0 aliphatic heterocycles. The molecule has 1 atom stereocenters. The summed E-state index contributed by atoms with van der Waals surface area (Å²) >= 11 is 3.33. The number of nitrogens with one attached hydrogen (secondary N) is 1. The van der Waals surface area contributed by atoms with Crippen LogP contribution in [0, 0.1) is 5.82 Å². The lowest BCUT2D eigenvalue weighted by Gasteiger charge is -2.10. The fraction of sp³-hybridized carbons (Fsp3) is 0.462. The van der Waals surface area contributed by atoms with Gasteiger partial charge in [-0.3, -0.25) is 4.79 Å². The molecule has 1 rings (SSSR count). The highest BCUT2D eigenvalue weighted by atomic mass is 79.9. The van der Waals surface area contributed by atoms with E-state index in [1.807, 2.05) is 0 Å². The molecular formula is C13H17BrFNO. The van der Waals surface area contributed by atoms with Gasteiger partial charge in [-0.25, -0.2) is 4.39 Å². The van der Waals surface area contributed by atoms with Crippen molar-refractivity contribution in [1.82, 2.24) is 5.32 Å². The molecule has 0 fully saturated rings. The van der Waals surface area contributed by atoms with Crippen molar-refractivity contribution in [3.05, 3.63) is 35.6 Å². The Kier molecular flexibility index (Phi) is 6.19. The number of unbranched alkanes of at least 4 members (excludes halogenated alkanes) is 1. The molecule has 17 heavy (non-hydrogen) atoms. The zero-order valence-corrected chi connectivity index (χ0v) is 11.5. The van der Waals surface area contributed by atoms with E-state index < -0.39 is 0 Å². The number of amides is 1. The standard InChI is InChI=1S/C13H17BrFNO/c1-2-3-7-11(14)13(17)16-9-10-6-4-5-8-12(10)15/h4-6,8,11H,2-3,7,9H2,1H3,(H,16,17). The van der Waals surface area contributed by atoms with E-state index in [9.17, 15) is 9.18 Å². The van der Waals surface area contributed by atoms with E-state index in [-0.39, 0.29) is 23.1 Å². The molecule has 1 aromatic carbocycles. The Bertz CT molecular complexity index is 370. The van der Waals surface area contributed by atoms with Gasteiger partial charge in [-0.15, -0.1) is 0 Å². The number of carbonyl (C=O) groups is 1. The summed E-state index contributed by atoms with van der Waals surface area (Å²) in [6, 6.07) is 6.46. The lowest BCUT2D eigenvalue weighted by molar-refractivity contribution is -0.120. The predicted molar refractivity (Wildman–Crippen MR) is 70.5 cm³/mol. The van der Waals surface area contributed by atoms with Gasteiger partial charge in [0.25, 0.3) is 0 Å². The first kappa shape index (κ1) is 14.2. The Balaban J connectivity index is 2.40. The third-order valence-electron chi connectivity index (χ3n) is 2.51. The minimum Gasteiger partial charge on any atom is -0.351 e. The lowest BCUT2D eigenvalue weighted by Crippen LogP contribution is -2.30. The van der Waals surface area contributed by atoms with Gasteiger partial charge in [-0.1, -0.05) is 53.9 Å². The lowest BCUT2D eigenvalue weighted by atomic mass is 10.2. The smallest absolute Gasteiger partial charge is 0.234 e. The Labute approximate surface area is 110 Å². The van der Waals surface area contributed by atoms with Crippen LogP contribution >= 0.6 is 15.9 Å². The summed E-state index contributed by atoms with van der Waals surface area (Å²) in [5.41, 5.74) is 0.510. The third kappa shape index (κ3) is 4.86. The van der Waals surface area contributed by atoms with Gasteiger partial charge < -0.3 is 5.32 Å². The molecule has 1 N–H and O–H groups in total. The molecule has 1 aromatic rings. The van der Waals surface area contributed by atoms with Crippen molar-refractivity contribution in [2.45, 2.75) is 37.6 Å². The molecular weight excluding hydrogens is 285 g/mol. The molecule has 0 heterocycles. The highest BCUT2D eigenvalue weighted by Gasteiger charge is 2.13. The van der Waals surface area contributed by atoms with Crippen LogP contribution in [0.15, 0.2) is 24.3 Å². The highest BCUT2D eigenvalue weighted by Crippen LogP contribution is 2.11. The first-order valence-electron chi connectivity index (χ1n) is 5.80. The van der Waals surface area contributed by atoms with Crippen LogP contribution < -0.4 is 5.32 Å². The summed E-state index contributed by atoms with van der Waals surface area (Å²) in [4.78, 5) is 11.5. The second kappa shape index (κ2) is 7.43. The van der Waals surface area contributed by atoms with Crippen LogP contribution in [0.1, 0.15) is 31.7 Å². The van der Waals surface area contributed by atoms with Crippen molar-refractivity contribution in [2.75, 3.05) is 0 Å². The molecule has 0 aliphatic rings. The molecule has 1 amide bonds. The second-order valence-corrected chi connectivity index (χ2v) is 5.02. The zero-order chi connectivity index (χ0) is 12.7. The van der Waals surface area contributed by atoms with Crippen LogP contribution in [0.5, 0.6) is 0 Å². The van der Waals surface area contributed by atoms with Gasteiger partial charge in [0.05, 0.1) is 4.83 Å². The number of halogens is 2. The Morgan fingerprint density at radius 3 is 2.82 bits per heavy atom. The quantitative estimate of drug-likeness (QED) is 0.802. The summed E-state index contributed by atoms with van der Waals surface area (Å²) in [6.07, 6.45) is 2.87. The molecule has 0 aliphatic carbocycles. The fourth-order valence-corrected chi connectivity index (χ4v) is 1.93. The maximum absolute atomic E-state index is 13.3. The summed E-state index contributed by atoms with van der Waals surface area (Å²) in [6.45, 7) is 2.32. The average molecular weight is 302 g/mol. The number of carbonyl (C=O) groups excluding carboxylic acids is 1. The number of rotatable bonds is 6. The van der Waals surface area contributed by atoms with Crippen LogP contribution in [-0.4, -0.2) is 10.7 Å². The SMILES string of the molecule is CCCCC(Br)C(=O)NCc1ccccc1F. The van der Waals surface area contributed by atoms with Crippen LogP contribution in [-0.2, 0) is 11.3 Å². The first-order chi connectivity index (χ1) is 8.15. The van der Waals surface area contributed by atoms with Gasteiger partial charge in [-0.2, -0.15) is 0 Å². The molecule has 0 bridgehead atoms. The van der Waals surface area contributed by atoms with Gasteiger partial charge in [0.2, 0.25) is 5.91 Å². The van der Waals surface area contributed by atoms with Crippen LogP contribution in [0.2, 0.25) is 0 Å². The van der Waals surface area contributed by atoms with E-state index >= 15 is 0 Å². The van der Waals surface area contributed by atoms with Crippen molar-refractivity contribution in [2.24, 2.45) is 0 Å². The van der Waals surface area contributed by atoms with Gasteiger partial charge >= 0.3 is 0 Å². The zero-order valence-electron chi connectivity index (χ0n) is 9.88. The number of hydrogen-bond acceptors (Lipinski definition) is 1. The minimum absolute atomic E-state index is 0.0818. The monoisotopic (exact) mass is 301 g/mol. The summed E-state index contributed by atoms with van der Waals surface area (Å²) < 4.78 is 13.3. The Morgan fingerprint density at radius 2 is 2.18 bits per heavy atom. The number of alkyl halides is 1. The van der Waals surface area contributed by atoms with E-state index in [1.165, 1.54) is 6.07 Å².